The van der Waals surface area contributed by atoms with Crippen molar-refractivity contribution >= 4 is 160 Å². The molecular formula is C89H132Br6N22O13Si2. The number of aromatic nitrogens is 10. The fraction of sp³-hybridized carbons (Fsp3) is 0.663. The molecule has 35 nitrogen and oxygen atoms in total. The van der Waals surface area contributed by atoms with E-state index in [9.17, 15) is 49.7 Å². The Balaban J connectivity index is 0.000000336. The van der Waals surface area contributed by atoms with Crippen LogP contribution in [0.3, 0.4) is 0 Å². The van der Waals surface area contributed by atoms with Crippen LogP contribution in [0.1, 0.15) is 262 Å². The molecule has 10 rings (SSSR count). The highest BCUT2D eigenvalue weighted by Gasteiger charge is 2.44. The summed E-state index contributed by atoms with van der Waals surface area (Å²) < 4.78 is 42.8. The maximum absolute atomic E-state index is 12.7. The van der Waals surface area contributed by atoms with E-state index in [1.165, 1.54) is 4.90 Å². The Hall–Kier alpha value is -8.69. The summed E-state index contributed by atoms with van der Waals surface area (Å²) in [5.41, 5.74) is 6.41. The minimum atomic E-state index is -1.57. The van der Waals surface area contributed by atoms with E-state index in [2.05, 4.69) is 207 Å². The normalized spacial score (nSPS) is 20.0. The van der Waals surface area contributed by atoms with Gasteiger partial charge in [0, 0.05) is 70.5 Å². The Kier molecular flexibility index (Phi) is 41.8. The summed E-state index contributed by atoms with van der Waals surface area (Å²) in [5, 5.41) is 82.7. The van der Waals surface area contributed by atoms with Crippen molar-refractivity contribution in [2.24, 2.45) is 0 Å². The third-order valence-electron chi connectivity index (χ3n) is 19.6. The second-order valence-corrected chi connectivity index (χ2v) is 54.7. The van der Waals surface area contributed by atoms with Gasteiger partial charge in [-0.25, -0.2) is 38.1 Å². The van der Waals surface area contributed by atoms with Gasteiger partial charge in [-0.1, -0.05) is 52.1 Å². The first-order valence-corrected chi connectivity index (χ1v) is 55.0. The molecule has 0 unspecified atom stereocenters. The number of likely N-dealkylation sites (tertiary alicyclic amines) is 5. The molecule has 0 aliphatic carbocycles. The first kappa shape index (κ1) is 116. The number of nitrogens with zero attached hydrogens (tertiary/aromatic N) is 20. The fourth-order valence-electron chi connectivity index (χ4n) is 13.8. The van der Waals surface area contributed by atoms with Crippen LogP contribution in [0, 0.1) is 80.1 Å². The lowest BCUT2D eigenvalue weighted by molar-refractivity contribution is 0.0212. The summed E-state index contributed by atoms with van der Waals surface area (Å²) >= 11 is 19.5. The van der Waals surface area contributed by atoms with Crippen molar-refractivity contribution in [3.63, 3.8) is 0 Å². The first-order valence-electron chi connectivity index (χ1n) is 43.2. The van der Waals surface area contributed by atoms with Gasteiger partial charge in [0.05, 0.1) is 42.5 Å². The lowest BCUT2D eigenvalue weighted by Gasteiger charge is -2.27. The zero-order valence-corrected chi connectivity index (χ0v) is 93.7. The van der Waals surface area contributed by atoms with Crippen LogP contribution in [0.25, 0.3) is 0 Å². The van der Waals surface area contributed by atoms with E-state index in [4.69, 9.17) is 50.5 Å². The highest BCUT2D eigenvalue weighted by Crippen LogP contribution is 2.40. The molecule has 0 spiro atoms. The number of nitrogens with one attached hydrogen (secondary N) is 2. The molecule has 5 fully saturated rings. The number of ether oxygens (including phenoxy) is 6. The molecular weight excluding hydrogens is 2120 g/mol. The van der Waals surface area contributed by atoms with Crippen molar-refractivity contribution < 1.29 is 62.3 Å². The number of amides is 6. The van der Waals surface area contributed by atoms with Crippen LogP contribution in [-0.2, 0) is 34.8 Å². The van der Waals surface area contributed by atoms with Gasteiger partial charge in [-0.15, -0.1) is 17.5 Å². The van der Waals surface area contributed by atoms with Gasteiger partial charge in [0.2, 0.25) is 0 Å². The standard InChI is InChI=1S/C21H32N4O2Si.C20H30BrN5O4.C15H22BrN5O2.C14H18Br2N4O2.C10H19NO3.C5H10Si.C4HBr2N3/c1-9-19-17(13-22)18(10-11-28(6,7)8)23-25(19)16-12-15(2)24(14-16)20(26)27-21(3,4)5;1-12-9-13(11-25(12)18(28)30-20(5,6)7)26-16(14(10-22)15(21)23-26)24(8)17(27)29-19(2,3)4;1-9-6-10(8-20(9)14(22)23-15(2,3)4)21-13(18-5)11(7-17)12(16)19-21;1-8-5-9(7-19(8)13(21)22-14(2,3)4)20-12(16)10(6-17)11(15)18-20;1-7-5-8(12)6-11(7)9(13)14-10(2,3)4;1-5-6(2,3)4;5-3-2(1-7)4(6)9-8-3/h15-16H,9,12,14H2,1-8H3;12-13H,9,11H2,1-8H3;9-10,18H,6,8H2,1-5H3;8-9H,5,7H2,1-4H3;7-8,12H,5-6H2,1-4H3;1H,2-4H3;(H,8,9)/t15-,16-;12-,13-;9-,10-;8-,9-;7-,8+;;/m00000../s1. The van der Waals surface area contributed by atoms with Crippen molar-refractivity contribution in [2.45, 2.75) is 338 Å². The number of nitriles is 5. The highest BCUT2D eigenvalue weighted by molar-refractivity contribution is 9.11. The molecule has 10 heterocycles. The quantitative estimate of drug-likeness (QED) is 0.0774. The Morgan fingerprint density at radius 1 is 0.462 bits per heavy atom. The number of H-pyrrole nitrogens is 1. The summed E-state index contributed by atoms with van der Waals surface area (Å²) in [7, 11) is 0.617. The number of halogens is 6. The molecule has 0 bridgehead atoms. The fourth-order valence-corrected chi connectivity index (χ4v) is 17.5. The largest absolute Gasteiger partial charge is 0.444 e. The van der Waals surface area contributed by atoms with Gasteiger partial charge >= 0.3 is 36.6 Å². The molecule has 5 aromatic rings. The number of anilines is 2. The number of aromatic amines is 1. The molecule has 3 N–H and O–H groups in total. The third-order valence-corrected chi connectivity index (χ3v) is 24.9. The predicted octanol–water partition coefficient (Wildman–Crippen LogP) is 20.2. The van der Waals surface area contributed by atoms with E-state index >= 15 is 0 Å². The van der Waals surface area contributed by atoms with Gasteiger partial charge in [0.15, 0.2) is 11.5 Å². The van der Waals surface area contributed by atoms with Gasteiger partial charge in [-0.3, -0.25) is 19.4 Å². The van der Waals surface area contributed by atoms with Crippen LogP contribution in [-0.4, -0.2) is 248 Å². The van der Waals surface area contributed by atoms with Crippen LogP contribution in [0.2, 0.25) is 39.3 Å². The van der Waals surface area contributed by atoms with Gasteiger partial charge < -0.3 is 63.3 Å². The molecule has 5 aliphatic rings. The Labute approximate surface area is 831 Å². The van der Waals surface area contributed by atoms with Crippen molar-refractivity contribution in [1.82, 2.24) is 73.8 Å². The van der Waals surface area contributed by atoms with Crippen LogP contribution in [0.4, 0.5) is 40.4 Å². The monoisotopic (exact) mass is 2250 g/mol. The smallest absolute Gasteiger partial charge is 0.415 e. The minimum Gasteiger partial charge on any atom is -0.444 e. The number of terminal acetylenes is 1. The van der Waals surface area contributed by atoms with Crippen molar-refractivity contribution in [2.75, 3.05) is 57.0 Å². The van der Waals surface area contributed by atoms with Crippen LogP contribution >= 0.6 is 95.6 Å². The summed E-state index contributed by atoms with van der Waals surface area (Å²) in [6.45, 7) is 60.1. The molecule has 5 aromatic heterocycles. The van der Waals surface area contributed by atoms with Crippen LogP contribution in [0.15, 0.2) is 27.6 Å². The van der Waals surface area contributed by atoms with Gasteiger partial charge in [0.1, 0.15) is 141 Å². The SMILES string of the molecule is C#C[Si](C)(C)C.CCc1c(C#N)c(C#C[Si](C)(C)C)nn1[C@H]1C[C@H](C)N(C(=O)OC(C)(C)C)C1.CNc1c(C#N)c(Br)nn1[C@H]1C[C@H](C)N(C(=O)OC(C)(C)C)C1.C[C@H]1C[C@@H](O)CN1C(=O)OC(C)(C)C.C[C@H]1C[C@H](n2nc(Br)c(C#N)c2Br)CN1C(=O)OC(C)(C)C.C[C@H]1C[C@H](n2nc(Br)c(C#N)c2N(C)C(=O)OC(C)(C)C)CN1C(=O)OC(C)(C)C.N#Cc1c(Br)n[nH]c1Br. The van der Waals surface area contributed by atoms with E-state index in [1.807, 2.05) is 156 Å². The molecule has 132 heavy (non-hydrogen) atoms. The second kappa shape index (κ2) is 47.7. The molecule has 6 amide bonds. The lowest BCUT2D eigenvalue weighted by atomic mass is 10.1. The summed E-state index contributed by atoms with van der Waals surface area (Å²) in [6.07, 6.45) is 6.69. The predicted molar refractivity (Wildman–Crippen MR) is 530 cm³/mol. The zero-order valence-electron chi connectivity index (χ0n) is 82.2. The van der Waals surface area contributed by atoms with Crippen molar-refractivity contribution in [1.29, 1.82) is 26.3 Å². The number of hydrogen-bond acceptors (Lipinski definition) is 24. The molecule has 43 heteroatoms. The Bertz CT molecular complexity index is 5190. The van der Waals surface area contributed by atoms with Gasteiger partial charge in [-0.05, 0) is 293 Å². The average molecular weight is 2250 g/mol. The highest BCUT2D eigenvalue weighted by atomic mass is 79.9. The number of hydrogen-bond donors (Lipinski definition) is 3. The van der Waals surface area contributed by atoms with Crippen molar-refractivity contribution in [3.8, 4) is 53.8 Å². The number of carbonyl (C=O) groups is 6. The van der Waals surface area contributed by atoms with E-state index in [1.54, 1.807) is 73.4 Å². The van der Waals surface area contributed by atoms with Gasteiger partial charge in [0.25, 0.3) is 0 Å². The van der Waals surface area contributed by atoms with E-state index in [-0.39, 0.29) is 84.3 Å². The topological polar surface area (TPSA) is 428 Å². The van der Waals surface area contributed by atoms with E-state index < -0.39 is 68.0 Å². The number of β-amino-alcohol motifs (C(OH)–C–C–N with tert-alkyl or cyclic N) is 1. The number of aliphatic hydroxyl groups excluding tert-OH is 1. The van der Waals surface area contributed by atoms with Gasteiger partial charge in [-0.2, -0.15) is 51.8 Å². The number of aliphatic hydroxyl groups is 1. The molecule has 0 aromatic carbocycles. The molecule has 0 radical (unpaired) electrons. The lowest BCUT2D eigenvalue weighted by Crippen LogP contribution is -2.39. The molecule has 5 aliphatic heterocycles. The molecule has 10 atom stereocenters. The van der Waals surface area contributed by atoms with Crippen LogP contribution < -0.4 is 10.2 Å². The average Bonchev–Trinajstić information content (AvgIpc) is 1.65. The summed E-state index contributed by atoms with van der Waals surface area (Å²) in [6, 6.07) is 10.5. The number of carbonyl (C=O) groups excluding carboxylic acids is 6. The molecule has 726 valence electrons. The second-order valence-electron chi connectivity index (χ2n) is 40.6. The molecule has 0 saturated carbocycles. The Morgan fingerprint density at radius 3 is 1.08 bits per heavy atom. The summed E-state index contributed by atoms with van der Waals surface area (Å²) in [5.74, 6) is 4.13. The summed E-state index contributed by atoms with van der Waals surface area (Å²) in [4.78, 5) is 83.7. The van der Waals surface area contributed by atoms with Crippen LogP contribution in [0.5, 0.6) is 0 Å². The zero-order chi connectivity index (χ0) is 101. The number of rotatable bonds is 7. The molecule has 5 saturated heterocycles. The minimum absolute atomic E-state index is 0.00151. The van der Waals surface area contributed by atoms with Crippen molar-refractivity contribution in [3.05, 3.63) is 66.8 Å². The third kappa shape index (κ3) is 34.6. The Morgan fingerprint density at radius 2 is 0.780 bits per heavy atom. The first-order chi connectivity index (χ1) is 60.4. The van der Waals surface area contributed by atoms with E-state index in [0.717, 1.165) is 25.0 Å². The maximum Gasteiger partial charge on any atom is 0.415 e. The van der Waals surface area contributed by atoms with E-state index in [0.29, 0.717) is 119 Å². The maximum atomic E-state index is 12.7.